The standard InChI is InChI=1S/C12H19N3S/c1-9-4-2-6-12-13-11(14-15(9)12)8-10-5-3-7-16-10/h9-10H,2-8H2,1H3. The second-order valence-electron chi connectivity index (χ2n) is 4.97. The van der Waals surface area contributed by atoms with Crippen molar-refractivity contribution in [2.75, 3.05) is 5.75 Å². The number of aromatic nitrogens is 3. The molecule has 2 atom stereocenters. The summed E-state index contributed by atoms with van der Waals surface area (Å²) in [7, 11) is 0. The first-order valence-electron chi connectivity index (χ1n) is 6.39. The highest BCUT2D eigenvalue weighted by atomic mass is 32.2. The van der Waals surface area contributed by atoms with Gasteiger partial charge in [-0.05, 0) is 38.4 Å². The minimum Gasteiger partial charge on any atom is -0.247 e. The summed E-state index contributed by atoms with van der Waals surface area (Å²) in [5, 5.41) is 5.47. The Hall–Kier alpha value is -0.510. The maximum Gasteiger partial charge on any atom is 0.152 e. The topological polar surface area (TPSA) is 30.7 Å². The van der Waals surface area contributed by atoms with Crippen molar-refractivity contribution in [1.82, 2.24) is 14.8 Å². The average molecular weight is 237 g/mol. The Balaban J connectivity index is 1.75. The lowest BCUT2D eigenvalue weighted by atomic mass is 10.1. The molecule has 0 aliphatic carbocycles. The quantitative estimate of drug-likeness (QED) is 0.792. The first-order valence-corrected chi connectivity index (χ1v) is 7.43. The summed E-state index contributed by atoms with van der Waals surface area (Å²) in [6.07, 6.45) is 7.46. The maximum atomic E-state index is 4.70. The lowest BCUT2D eigenvalue weighted by Crippen LogP contribution is -2.16. The molecule has 2 unspecified atom stereocenters. The number of rotatable bonds is 2. The lowest BCUT2D eigenvalue weighted by molar-refractivity contribution is 0.387. The molecule has 16 heavy (non-hydrogen) atoms. The molecule has 0 amide bonds. The molecule has 1 fully saturated rings. The SMILES string of the molecule is CC1CCCc2nc(CC3CCCS3)nn21. The van der Waals surface area contributed by atoms with Crippen molar-refractivity contribution in [3.8, 4) is 0 Å². The summed E-state index contributed by atoms with van der Waals surface area (Å²) in [5.74, 6) is 3.63. The smallest absolute Gasteiger partial charge is 0.152 e. The van der Waals surface area contributed by atoms with Crippen LogP contribution in [0, 0.1) is 0 Å². The van der Waals surface area contributed by atoms with Crippen LogP contribution in [0.4, 0.5) is 0 Å². The molecule has 88 valence electrons. The average Bonchev–Trinajstić information content (AvgIpc) is 2.88. The summed E-state index contributed by atoms with van der Waals surface area (Å²) in [4.78, 5) is 4.70. The van der Waals surface area contributed by atoms with Gasteiger partial charge in [0.25, 0.3) is 0 Å². The maximum absolute atomic E-state index is 4.70. The Morgan fingerprint density at radius 2 is 2.31 bits per heavy atom. The van der Waals surface area contributed by atoms with Gasteiger partial charge >= 0.3 is 0 Å². The largest absolute Gasteiger partial charge is 0.247 e. The summed E-state index contributed by atoms with van der Waals surface area (Å²) in [6.45, 7) is 2.26. The third kappa shape index (κ3) is 1.99. The molecule has 1 aromatic rings. The highest BCUT2D eigenvalue weighted by Gasteiger charge is 2.22. The predicted octanol–water partition coefficient (Wildman–Crippen LogP) is 2.61. The first-order chi connectivity index (χ1) is 7.83. The Morgan fingerprint density at radius 3 is 3.06 bits per heavy atom. The van der Waals surface area contributed by atoms with E-state index in [1.54, 1.807) is 0 Å². The molecule has 3 heterocycles. The van der Waals surface area contributed by atoms with Gasteiger partial charge in [0.2, 0.25) is 0 Å². The fourth-order valence-corrected chi connectivity index (χ4v) is 3.97. The third-order valence-electron chi connectivity index (χ3n) is 3.62. The van der Waals surface area contributed by atoms with Gasteiger partial charge in [-0.1, -0.05) is 0 Å². The van der Waals surface area contributed by atoms with E-state index in [0.717, 1.165) is 23.9 Å². The molecule has 0 spiro atoms. The van der Waals surface area contributed by atoms with Crippen LogP contribution in [0.3, 0.4) is 0 Å². The van der Waals surface area contributed by atoms with Gasteiger partial charge in [-0.3, -0.25) is 0 Å². The molecule has 2 aliphatic heterocycles. The van der Waals surface area contributed by atoms with Crippen molar-refractivity contribution >= 4 is 11.8 Å². The van der Waals surface area contributed by atoms with Crippen LogP contribution in [0.5, 0.6) is 0 Å². The molecule has 0 bridgehead atoms. The Kier molecular flexibility index (Phi) is 2.92. The van der Waals surface area contributed by atoms with E-state index in [0.29, 0.717) is 6.04 Å². The van der Waals surface area contributed by atoms with E-state index in [-0.39, 0.29) is 0 Å². The van der Waals surface area contributed by atoms with Gasteiger partial charge in [-0.25, -0.2) is 9.67 Å². The number of aryl methyl sites for hydroxylation is 1. The van der Waals surface area contributed by atoms with Crippen LogP contribution in [0.15, 0.2) is 0 Å². The number of nitrogens with zero attached hydrogens (tertiary/aromatic N) is 3. The summed E-state index contributed by atoms with van der Waals surface area (Å²) >= 11 is 2.09. The van der Waals surface area contributed by atoms with Crippen LogP contribution in [0.2, 0.25) is 0 Å². The van der Waals surface area contributed by atoms with Gasteiger partial charge in [0, 0.05) is 18.1 Å². The van der Waals surface area contributed by atoms with Crippen molar-refractivity contribution < 1.29 is 0 Å². The van der Waals surface area contributed by atoms with Gasteiger partial charge in [0.15, 0.2) is 5.82 Å². The second kappa shape index (κ2) is 4.40. The Morgan fingerprint density at radius 1 is 1.38 bits per heavy atom. The highest BCUT2D eigenvalue weighted by molar-refractivity contribution is 8.00. The van der Waals surface area contributed by atoms with Gasteiger partial charge in [0.1, 0.15) is 5.82 Å². The molecular formula is C12H19N3S. The van der Waals surface area contributed by atoms with Crippen LogP contribution in [-0.2, 0) is 12.8 Å². The predicted molar refractivity (Wildman–Crippen MR) is 66.9 cm³/mol. The molecule has 0 saturated carbocycles. The van der Waals surface area contributed by atoms with Crippen LogP contribution < -0.4 is 0 Å². The van der Waals surface area contributed by atoms with Gasteiger partial charge < -0.3 is 0 Å². The van der Waals surface area contributed by atoms with Crippen LogP contribution in [0.1, 0.15) is 50.3 Å². The lowest BCUT2D eigenvalue weighted by Gasteiger charge is -2.18. The molecule has 1 saturated heterocycles. The van der Waals surface area contributed by atoms with Crippen molar-refractivity contribution in [2.24, 2.45) is 0 Å². The van der Waals surface area contributed by atoms with Crippen molar-refractivity contribution in [3.63, 3.8) is 0 Å². The Labute approximate surface area is 101 Å². The molecule has 0 radical (unpaired) electrons. The zero-order valence-corrected chi connectivity index (χ0v) is 10.7. The number of fused-ring (bicyclic) bond motifs is 1. The van der Waals surface area contributed by atoms with Gasteiger partial charge in [-0.15, -0.1) is 0 Å². The fraction of sp³-hybridized carbons (Fsp3) is 0.833. The molecule has 3 rings (SSSR count). The summed E-state index contributed by atoms with van der Waals surface area (Å²) in [6, 6.07) is 0.557. The summed E-state index contributed by atoms with van der Waals surface area (Å²) in [5.41, 5.74) is 0. The van der Waals surface area contributed by atoms with Crippen LogP contribution >= 0.6 is 11.8 Å². The minimum atomic E-state index is 0.557. The zero-order valence-electron chi connectivity index (χ0n) is 9.85. The van der Waals surface area contributed by atoms with Crippen molar-refractivity contribution in [3.05, 3.63) is 11.6 Å². The molecular weight excluding hydrogens is 218 g/mol. The molecule has 3 nitrogen and oxygen atoms in total. The molecule has 1 aromatic heterocycles. The zero-order chi connectivity index (χ0) is 11.0. The normalized spacial score (nSPS) is 29.3. The second-order valence-corrected chi connectivity index (χ2v) is 6.38. The third-order valence-corrected chi connectivity index (χ3v) is 5.02. The van der Waals surface area contributed by atoms with E-state index in [9.17, 15) is 0 Å². The van der Waals surface area contributed by atoms with E-state index >= 15 is 0 Å². The molecule has 0 aromatic carbocycles. The Bertz CT molecular complexity index is 368. The number of hydrogen-bond donors (Lipinski definition) is 0. The van der Waals surface area contributed by atoms with Crippen LogP contribution in [-0.4, -0.2) is 25.8 Å². The van der Waals surface area contributed by atoms with E-state index in [1.165, 1.54) is 37.3 Å². The highest BCUT2D eigenvalue weighted by Crippen LogP contribution is 2.29. The summed E-state index contributed by atoms with van der Waals surface area (Å²) < 4.78 is 2.17. The monoisotopic (exact) mass is 237 g/mol. The van der Waals surface area contributed by atoms with E-state index in [2.05, 4.69) is 28.5 Å². The van der Waals surface area contributed by atoms with Crippen LogP contribution in [0.25, 0.3) is 0 Å². The van der Waals surface area contributed by atoms with E-state index in [4.69, 9.17) is 4.98 Å². The van der Waals surface area contributed by atoms with E-state index in [1.807, 2.05) is 0 Å². The molecule has 0 N–H and O–H groups in total. The van der Waals surface area contributed by atoms with E-state index < -0.39 is 0 Å². The number of thioether (sulfide) groups is 1. The van der Waals surface area contributed by atoms with Gasteiger partial charge in [-0.2, -0.15) is 16.9 Å². The fourth-order valence-electron chi connectivity index (χ4n) is 2.70. The molecule has 4 heteroatoms. The van der Waals surface area contributed by atoms with Crippen molar-refractivity contribution in [2.45, 2.75) is 56.7 Å². The van der Waals surface area contributed by atoms with Crippen molar-refractivity contribution in [1.29, 1.82) is 0 Å². The minimum absolute atomic E-state index is 0.557. The number of hydrogen-bond acceptors (Lipinski definition) is 3. The first kappa shape index (κ1) is 10.6. The van der Waals surface area contributed by atoms with Gasteiger partial charge in [0.05, 0.1) is 6.04 Å². The molecule has 2 aliphatic rings.